The average Bonchev–Trinajstić information content (AvgIpc) is 2.35. The van der Waals surface area contributed by atoms with E-state index in [1.54, 1.807) is 31.5 Å². The second-order valence-corrected chi connectivity index (χ2v) is 4.06. The summed E-state index contributed by atoms with van der Waals surface area (Å²) >= 11 is 0. The maximum absolute atomic E-state index is 12.2. The molecule has 90 valence electrons. The first-order valence-electron chi connectivity index (χ1n) is 5.68. The predicted molar refractivity (Wildman–Crippen MR) is 63.4 cm³/mol. The monoisotopic (exact) mass is 233 g/mol. The predicted octanol–water partition coefficient (Wildman–Crippen LogP) is 0.711. The molecule has 1 aliphatic rings. The van der Waals surface area contributed by atoms with E-state index in [4.69, 9.17) is 0 Å². The molecule has 0 saturated carbocycles. The lowest BCUT2D eigenvalue weighted by Crippen LogP contribution is -2.62. The lowest BCUT2D eigenvalue weighted by atomic mass is 10.1. The molecule has 1 aliphatic heterocycles. The highest BCUT2D eigenvalue weighted by Gasteiger charge is 2.37. The second kappa shape index (κ2) is 4.53. The fourth-order valence-corrected chi connectivity index (χ4v) is 1.95. The summed E-state index contributed by atoms with van der Waals surface area (Å²) in [4.78, 5) is 29.5. The van der Waals surface area contributed by atoms with E-state index in [1.807, 2.05) is 6.92 Å². The Morgan fingerprint density at radius 3 is 2.82 bits per heavy atom. The van der Waals surface area contributed by atoms with Crippen LogP contribution in [0.2, 0.25) is 0 Å². The number of carbonyl (C=O) groups excluding carboxylic acids is 2. The summed E-state index contributed by atoms with van der Waals surface area (Å²) in [7, 11) is 0. The van der Waals surface area contributed by atoms with Crippen LogP contribution in [-0.2, 0) is 9.59 Å². The lowest BCUT2D eigenvalue weighted by Gasteiger charge is -2.36. The van der Waals surface area contributed by atoms with Gasteiger partial charge in [0.1, 0.15) is 12.1 Å². The minimum absolute atomic E-state index is 0.0763. The first-order chi connectivity index (χ1) is 8.15. The van der Waals surface area contributed by atoms with Crippen molar-refractivity contribution in [3.05, 3.63) is 24.5 Å². The average molecular weight is 233 g/mol. The molecule has 1 aromatic heterocycles. The summed E-state index contributed by atoms with van der Waals surface area (Å²) in [6.07, 6.45) is 3.83. The minimum Gasteiger partial charge on any atom is -0.343 e. The van der Waals surface area contributed by atoms with Crippen LogP contribution in [0.4, 0.5) is 5.69 Å². The number of nitrogens with zero attached hydrogens (tertiary/aromatic N) is 2. The van der Waals surface area contributed by atoms with Crippen LogP contribution in [0.15, 0.2) is 24.5 Å². The van der Waals surface area contributed by atoms with E-state index in [0.717, 1.165) is 0 Å². The first-order valence-corrected chi connectivity index (χ1v) is 5.68. The zero-order valence-electron chi connectivity index (χ0n) is 9.88. The summed E-state index contributed by atoms with van der Waals surface area (Å²) in [5, 5.41) is 2.71. The molecule has 0 aliphatic carbocycles. The quantitative estimate of drug-likeness (QED) is 0.818. The Morgan fingerprint density at radius 1 is 1.47 bits per heavy atom. The van der Waals surface area contributed by atoms with Gasteiger partial charge in [-0.2, -0.15) is 0 Å². The normalized spacial score (nSPS) is 24.7. The van der Waals surface area contributed by atoms with Crippen molar-refractivity contribution in [2.24, 2.45) is 0 Å². The van der Waals surface area contributed by atoms with Gasteiger partial charge in [0.05, 0.1) is 11.9 Å². The highest BCUT2D eigenvalue weighted by Crippen LogP contribution is 2.20. The van der Waals surface area contributed by atoms with Gasteiger partial charge in [0.25, 0.3) is 0 Å². The number of nitrogens with one attached hydrogen (secondary N) is 1. The largest absolute Gasteiger partial charge is 0.343 e. The zero-order chi connectivity index (χ0) is 12.4. The van der Waals surface area contributed by atoms with E-state index < -0.39 is 12.1 Å². The van der Waals surface area contributed by atoms with E-state index in [9.17, 15) is 9.59 Å². The number of anilines is 1. The summed E-state index contributed by atoms with van der Waals surface area (Å²) in [5.74, 6) is -0.201. The van der Waals surface area contributed by atoms with Crippen LogP contribution in [0.5, 0.6) is 0 Å². The van der Waals surface area contributed by atoms with Crippen molar-refractivity contribution in [1.29, 1.82) is 0 Å². The Hall–Kier alpha value is -1.91. The summed E-state index contributed by atoms with van der Waals surface area (Å²) in [6, 6.07) is 2.61. The van der Waals surface area contributed by atoms with Crippen LogP contribution < -0.4 is 10.2 Å². The molecule has 5 heteroatoms. The Kier molecular flexibility index (Phi) is 3.08. The maximum Gasteiger partial charge on any atom is 0.250 e. The molecule has 0 aromatic carbocycles. The van der Waals surface area contributed by atoms with E-state index >= 15 is 0 Å². The fraction of sp³-hybridized carbons (Fsp3) is 0.417. The molecule has 2 unspecified atom stereocenters. The molecule has 2 atom stereocenters. The van der Waals surface area contributed by atoms with Crippen LogP contribution in [0.1, 0.15) is 20.3 Å². The fourth-order valence-electron chi connectivity index (χ4n) is 1.95. The molecule has 2 amide bonds. The molecule has 0 spiro atoms. The third-order valence-corrected chi connectivity index (χ3v) is 2.95. The molecule has 1 fully saturated rings. The van der Waals surface area contributed by atoms with Crippen molar-refractivity contribution in [3.63, 3.8) is 0 Å². The van der Waals surface area contributed by atoms with Gasteiger partial charge < -0.3 is 5.32 Å². The van der Waals surface area contributed by atoms with E-state index in [2.05, 4.69) is 10.3 Å². The molecule has 1 aromatic rings. The zero-order valence-corrected chi connectivity index (χ0v) is 9.88. The number of piperazine rings is 1. The van der Waals surface area contributed by atoms with E-state index in [0.29, 0.717) is 12.1 Å². The van der Waals surface area contributed by atoms with Crippen LogP contribution in [0.3, 0.4) is 0 Å². The van der Waals surface area contributed by atoms with Crippen molar-refractivity contribution in [2.75, 3.05) is 4.90 Å². The minimum atomic E-state index is -0.491. The molecule has 5 nitrogen and oxygen atoms in total. The molecule has 2 heterocycles. The summed E-state index contributed by atoms with van der Waals surface area (Å²) in [6.45, 7) is 3.59. The molecule has 0 bridgehead atoms. The van der Waals surface area contributed by atoms with Gasteiger partial charge in [-0.05, 0) is 25.5 Å². The van der Waals surface area contributed by atoms with Crippen LogP contribution in [0, 0.1) is 0 Å². The van der Waals surface area contributed by atoms with Crippen LogP contribution >= 0.6 is 0 Å². The van der Waals surface area contributed by atoms with Gasteiger partial charge >= 0.3 is 0 Å². The molecular formula is C12H15N3O2. The smallest absolute Gasteiger partial charge is 0.250 e. The molecule has 17 heavy (non-hydrogen) atoms. The number of hydrogen-bond donors (Lipinski definition) is 1. The maximum atomic E-state index is 12.2. The lowest BCUT2D eigenvalue weighted by molar-refractivity contribution is -0.133. The molecule has 0 radical (unpaired) electrons. The van der Waals surface area contributed by atoms with E-state index in [-0.39, 0.29) is 11.8 Å². The van der Waals surface area contributed by atoms with Gasteiger partial charge in [-0.15, -0.1) is 0 Å². The summed E-state index contributed by atoms with van der Waals surface area (Å²) < 4.78 is 0. The number of hydrogen-bond acceptors (Lipinski definition) is 3. The standard InChI is InChI=1S/C12H15N3O2/c1-3-10-12(17)15(8(2)11(16)14-10)9-5-4-6-13-7-9/h4-8,10H,3H2,1-2H3,(H,14,16). The second-order valence-electron chi connectivity index (χ2n) is 4.06. The molecular weight excluding hydrogens is 218 g/mol. The number of rotatable bonds is 2. The number of carbonyl (C=O) groups is 2. The third kappa shape index (κ3) is 2.00. The van der Waals surface area contributed by atoms with Crippen LogP contribution in [0.25, 0.3) is 0 Å². The van der Waals surface area contributed by atoms with Gasteiger partial charge in [0.2, 0.25) is 11.8 Å². The van der Waals surface area contributed by atoms with Crippen molar-refractivity contribution in [1.82, 2.24) is 10.3 Å². The summed E-state index contributed by atoms with van der Waals surface area (Å²) in [5.41, 5.74) is 0.665. The van der Waals surface area contributed by atoms with Crippen LogP contribution in [-0.4, -0.2) is 28.9 Å². The topological polar surface area (TPSA) is 62.3 Å². The first kappa shape index (κ1) is 11.6. The van der Waals surface area contributed by atoms with Gasteiger partial charge in [-0.1, -0.05) is 6.92 Å². The SMILES string of the molecule is CCC1NC(=O)C(C)N(c2cccnc2)C1=O. The van der Waals surface area contributed by atoms with Gasteiger partial charge in [-0.3, -0.25) is 19.5 Å². The number of pyridine rings is 1. The van der Waals surface area contributed by atoms with Crippen molar-refractivity contribution in [3.8, 4) is 0 Å². The Labute approximate surface area is 99.8 Å². The molecule has 1 N–H and O–H groups in total. The highest BCUT2D eigenvalue weighted by molar-refractivity contribution is 6.08. The van der Waals surface area contributed by atoms with Crippen molar-refractivity contribution in [2.45, 2.75) is 32.4 Å². The Balaban J connectivity index is 2.36. The Morgan fingerprint density at radius 2 is 2.24 bits per heavy atom. The highest BCUT2D eigenvalue weighted by atomic mass is 16.2. The number of amides is 2. The van der Waals surface area contributed by atoms with Crippen molar-refractivity contribution < 1.29 is 9.59 Å². The Bertz CT molecular complexity index is 433. The van der Waals surface area contributed by atoms with Gasteiger partial charge in [0.15, 0.2) is 0 Å². The van der Waals surface area contributed by atoms with Gasteiger partial charge in [-0.25, -0.2) is 0 Å². The van der Waals surface area contributed by atoms with E-state index in [1.165, 1.54) is 4.90 Å². The van der Waals surface area contributed by atoms with Crippen molar-refractivity contribution >= 4 is 17.5 Å². The molecule has 1 saturated heterocycles. The van der Waals surface area contributed by atoms with Gasteiger partial charge in [0, 0.05) is 6.20 Å². The third-order valence-electron chi connectivity index (χ3n) is 2.95. The molecule has 2 rings (SSSR count). The number of aromatic nitrogens is 1.